The summed E-state index contributed by atoms with van der Waals surface area (Å²) in [6.07, 6.45) is 4.59. The minimum atomic E-state index is -0.433. The highest BCUT2D eigenvalue weighted by atomic mass is 16.5. The van der Waals surface area contributed by atoms with Gasteiger partial charge in [-0.2, -0.15) is 10.1 Å². The summed E-state index contributed by atoms with van der Waals surface area (Å²) in [5.41, 5.74) is 0.708. The molecule has 22 heavy (non-hydrogen) atoms. The number of fused-ring (bicyclic) bond motifs is 5. The fraction of sp³-hybridized carbons (Fsp3) is 0.312. The van der Waals surface area contributed by atoms with E-state index in [1.807, 2.05) is 30.4 Å². The van der Waals surface area contributed by atoms with Gasteiger partial charge in [-0.05, 0) is 12.1 Å². The van der Waals surface area contributed by atoms with Crippen LogP contribution in [0, 0.1) is 11.8 Å². The molecular weight excluding hydrogens is 284 g/mol. The van der Waals surface area contributed by atoms with E-state index in [9.17, 15) is 9.59 Å². The van der Waals surface area contributed by atoms with Crippen molar-refractivity contribution >= 4 is 18.0 Å². The molecule has 6 nitrogen and oxygen atoms in total. The van der Waals surface area contributed by atoms with E-state index in [2.05, 4.69) is 5.10 Å². The second-order valence-corrected chi connectivity index (χ2v) is 5.48. The Morgan fingerprint density at radius 2 is 1.77 bits per heavy atom. The highest BCUT2D eigenvalue weighted by Gasteiger charge is 2.61. The number of carbonyl (C=O) groups excluding carboxylic acids is 2. The quantitative estimate of drug-likeness (QED) is 0.474. The van der Waals surface area contributed by atoms with Gasteiger partial charge in [-0.1, -0.05) is 24.3 Å². The first-order chi connectivity index (χ1) is 10.7. The summed E-state index contributed by atoms with van der Waals surface area (Å²) >= 11 is 0. The van der Waals surface area contributed by atoms with Crippen LogP contribution in [-0.4, -0.2) is 42.4 Å². The maximum absolute atomic E-state index is 12.4. The smallest absolute Gasteiger partial charge is 0.256 e. The van der Waals surface area contributed by atoms with Gasteiger partial charge in [-0.3, -0.25) is 9.59 Å². The summed E-state index contributed by atoms with van der Waals surface area (Å²) in [5, 5.41) is 5.06. The summed E-state index contributed by atoms with van der Waals surface area (Å²) in [6.45, 7) is 0. The standard InChI is InChI=1S/C16H14N2O4/c1-21-10-5-3-2-4-9(10)8-17-18-15(19)13-11-6-7-12(22-11)14(13)16(18)20/h2-8,11-14H,1H3. The molecular formula is C16H14N2O4. The van der Waals surface area contributed by atoms with Crippen LogP contribution in [0.4, 0.5) is 0 Å². The highest BCUT2D eigenvalue weighted by Crippen LogP contribution is 2.45. The molecule has 2 amide bonds. The van der Waals surface area contributed by atoms with Crippen LogP contribution in [0.5, 0.6) is 5.75 Å². The Kier molecular flexibility index (Phi) is 2.87. The molecule has 4 rings (SSSR count). The molecule has 2 saturated heterocycles. The lowest BCUT2D eigenvalue weighted by molar-refractivity contribution is -0.142. The lowest BCUT2D eigenvalue weighted by atomic mass is 9.85. The number of carbonyl (C=O) groups is 2. The molecule has 3 aliphatic rings. The van der Waals surface area contributed by atoms with E-state index < -0.39 is 11.8 Å². The van der Waals surface area contributed by atoms with Gasteiger partial charge >= 0.3 is 0 Å². The van der Waals surface area contributed by atoms with Crippen molar-refractivity contribution in [2.24, 2.45) is 16.9 Å². The minimum absolute atomic E-state index is 0.294. The summed E-state index contributed by atoms with van der Waals surface area (Å²) < 4.78 is 10.8. The SMILES string of the molecule is COc1ccccc1C=NN1C(=O)C2C3C=CC(O3)C2C1=O. The summed E-state index contributed by atoms with van der Waals surface area (Å²) in [6, 6.07) is 7.28. The topological polar surface area (TPSA) is 68.2 Å². The zero-order valence-corrected chi connectivity index (χ0v) is 11.9. The predicted molar refractivity (Wildman–Crippen MR) is 77.2 cm³/mol. The normalized spacial score (nSPS) is 32.3. The van der Waals surface area contributed by atoms with Crippen molar-refractivity contribution in [2.45, 2.75) is 12.2 Å². The Bertz CT molecular complexity index is 682. The van der Waals surface area contributed by atoms with Gasteiger partial charge < -0.3 is 9.47 Å². The van der Waals surface area contributed by atoms with E-state index >= 15 is 0 Å². The van der Waals surface area contributed by atoms with Gasteiger partial charge in [0.2, 0.25) is 0 Å². The maximum atomic E-state index is 12.4. The molecule has 6 heteroatoms. The number of methoxy groups -OCH3 is 1. The van der Waals surface area contributed by atoms with Crippen molar-refractivity contribution < 1.29 is 19.1 Å². The van der Waals surface area contributed by atoms with Crippen LogP contribution in [0.1, 0.15) is 5.56 Å². The second kappa shape index (κ2) is 4.78. The number of hydrogen-bond acceptors (Lipinski definition) is 5. The zero-order chi connectivity index (χ0) is 15.3. The number of imide groups is 1. The lowest BCUT2D eigenvalue weighted by Crippen LogP contribution is -2.30. The summed E-state index contributed by atoms with van der Waals surface area (Å²) in [5.74, 6) is -0.818. The zero-order valence-electron chi connectivity index (χ0n) is 11.9. The molecule has 2 bridgehead atoms. The fourth-order valence-electron chi connectivity index (χ4n) is 3.29. The first-order valence-corrected chi connectivity index (χ1v) is 7.09. The molecule has 4 unspecified atom stereocenters. The van der Waals surface area contributed by atoms with Gasteiger partial charge in [0, 0.05) is 5.56 Å². The largest absolute Gasteiger partial charge is 0.496 e. The number of rotatable bonds is 3. The Morgan fingerprint density at radius 1 is 1.14 bits per heavy atom. The molecule has 0 aromatic heterocycles. The number of amides is 2. The van der Waals surface area contributed by atoms with Crippen LogP contribution in [0.25, 0.3) is 0 Å². The summed E-state index contributed by atoms with van der Waals surface area (Å²) in [7, 11) is 1.56. The number of nitrogens with zero attached hydrogens (tertiary/aromatic N) is 2. The van der Waals surface area contributed by atoms with Gasteiger partial charge in [0.25, 0.3) is 11.8 Å². The van der Waals surface area contributed by atoms with Gasteiger partial charge in [-0.15, -0.1) is 0 Å². The van der Waals surface area contributed by atoms with Crippen molar-refractivity contribution in [3.8, 4) is 5.75 Å². The number of benzene rings is 1. The molecule has 3 aliphatic heterocycles. The van der Waals surface area contributed by atoms with E-state index in [4.69, 9.17) is 9.47 Å². The molecule has 1 aromatic carbocycles. The van der Waals surface area contributed by atoms with Crippen LogP contribution in [0.15, 0.2) is 41.5 Å². The van der Waals surface area contributed by atoms with Crippen molar-refractivity contribution in [2.75, 3.05) is 7.11 Å². The third kappa shape index (κ3) is 1.74. The number of para-hydroxylation sites is 1. The van der Waals surface area contributed by atoms with E-state index in [0.717, 1.165) is 5.01 Å². The molecule has 0 radical (unpaired) electrons. The van der Waals surface area contributed by atoms with Crippen molar-refractivity contribution in [3.63, 3.8) is 0 Å². The van der Waals surface area contributed by atoms with E-state index in [-0.39, 0.29) is 24.0 Å². The van der Waals surface area contributed by atoms with Crippen LogP contribution >= 0.6 is 0 Å². The molecule has 112 valence electrons. The van der Waals surface area contributed by atoms with Gasteiger partial charge in [-0.25, -0.2) is 0 Å². The van der Waals surface area contributed by atoms with E-state index in [1.54, 1.807) is 13.2 Å². The second-order valence-electron chi connectivity index (χ2n) is 5.48. The predicted octanol–water partition coefficient (Wildman–Crippen LogP) is 0.967. The molecule has 3 heterocycles. The lowest BCUT2D eigenvalue weighted by Gasteiger charge is -2.12. The van der Waals surface area contributed by atoms with E-state index in [1.165, 1.54) is 6.21 Å². The van der Waals surface area contributed by atoms with Crippen LogP contribution < -0.4 is 4.74 Å². The van der Waals surface area contributed by atoms with Gasteiger partial charge in [0.05, 0.1) is 37.4 Å². The Morgan fingerprint density at radius 3 is 2.41 bits per heavy atom. The summed E-state index contributed by atoms with van der Waals surface area (Å²) in [4.78, 5) is 24.8. The van der Waals surface area contributed by atoms with Crippen molar-refractivity contribution in [3.05, 3.63) is 42.0 Å². The van der Waals surface area contributed by atoms with Crippen LogP contribution in [0.3, 0.4) is 0 Å². The average molecular weight is 298 g/mol. The van der Waals surface area contributed by atoms with E-state index in [0.29, 0.717) is 11.3 Å². The fourth-order valence-corrected chi connectivity index (χ4v) is 3.29. The third-order valence-electron chi connectivity index (χ3n) is 4.34. The third-order valence-corrected chi connectivity index (χ3v) is 4.34. The molecule has 0 spiro atoms. The molecule has 4 atom stereocenters. The van der Waals surface area contributed by atoms with Crippen molar-refractivity contribution in [1.29, 1.82) is 0 Å². The highest BCUT2D eigenvalue weighted by molar-refractivity contribution is 6.07. The monoisotopic (exact) mass is 298 g/mol. The molecule has 1 aromatic rings. The van der Waals surface area contributed by atoms with Crippen LogP contribution in [-0.2, 0) is 14.3 Å². The number of hydrogen-bond donors (Lipinski definition) is 0. The molecule has 0 aliphatic carbocycles. The molecule has 0 saturated carbocycles. The van der Waals surface area contributed by atoms with Crippen molar-refractivity contribution in [1.82, 2.24) is 5.01 Å². The first-order valence-electron chi connectivity index (χ1n) is 7.09. The minimum Gasteiger partial charge on any atom is -0.496 e. The molecule has 2 fully saturated rings. The van der Waals surface area contributed by atoms with Gasteiger partial charge in [0.1, 0.15) is 5.75 Å². The number of hydrazone groups is 1. The van der Waals surface area contributed by atoms with Crippen LogP contribution in [0.2, 0.25) is 0 Å². The average Bonchev–Trinajstić information content (AvgIpc) is 3.21. The first kappa shape index (κ1) is 13.2. The molecule has 0 N–H and O–H groups in total. The Labute approximate surface area is 127 Å². The maximum Gasteiger partial charge on any atom is 0.256 e. The Balaban J connectivity index is 1.61. The Hall–Kier alpha value is -2.47. The number of ether oxygens (including phenoxy) is 2. The van der Waals surface area contributed by atoms with Gasteiger partial charge in [0.15, 0.2) is 0 Å².